The Kier molecular flexibility index (Phi) is 7.37. The molecule has 2 N–H and O–H groups in total. The topological polar surface area (TPSA) is 128 Å². The zero-order chi connectivity index (χ0) is 30.2. The predicted octanol–water partition coefficient (Wildman–Crippen LogP) is 6.15. The van der Waals surface area contributed by atoms with Gasteiger partial charge < -0.3 is 4.74 Å². The Balaban J connectivity index is 1.48. The number of benzene rings is 2. The number of nitrogens with zero attached hydrogens (tertiary/aromatic N) is 4. The van der Waals surface area contributed by atoms with Crippen molar-refractivity contribution in [1.82, 2.24) is 19.5 Å². The Hall–Kier alpha value is -4.91. The number of ether oxygens (including phenoxy) is 1. The van der Waals surface area contributed by atoms with Crippen LogP contribution in [0.4, 0.5) is 25.1 Å². The average molecular weight is 593 g/mol. The molecule has 0 saturated heterocycles. The van der Waals surface area contributed by atoms with E-state index >= 15 is 0 Å². The number of hydrogen-bond acceptors (Lipinski definition) is 7. The maximum Gasteiger partial charge on any atom is 0.413 e. The molecule has 1 amide bonds. The van der Waals surface area contributed by atoms with Crippen LogP contribution in [-0.2, 0) is 14.8 Å². The molecule has 0 spiro atoms. The van der Waals surface area contributed by atoms with E-state index in [0.29, 0.717) is 33.8 Å². The van der Waals surface area contributed by atoms with Gasteiger partial charge in [0, 0.05) is 35.2 Å². The largest absolute Gasteiger partial charge is 0.444 e. The van der Waals surface area contributed by atoms with Crippen molar-refractivity contribution in [1.29, 1.82) is 0 Å². The molecule has 42 heavy (non-hydrogen) atoms. The summed E-state index contributed by atoms with van der Waals surface area (Å²) in [6.45, 7) is 5.29. The molecule has 5 rings (SSSR count). The van der Waals surface area contributed by atoms with E-state index in [0.717, 1.165) is 24.0 Å². The second kappa shape index (κ2) is 10.8. The van der Waals surface area contributed by atoms with Crippen molar-refractivity contribution < 1.29 is 26.7 Å². The van der Waals surface area contributed by atoms with Crippen LogP contribution in [0.15, 0.2) is 73.3 Å². The minimum atomic E-state index is -3.66. The van der Waals surface area contributed by atoms with Crippen molar-refractivity contribution in [2.24, 2.45) is 0 Å². The number of aromatic nitrogens is 4. The van der Waals surface area contributed by atoms with Gasteiger partial charge in [-0.1, -0.05) is 0 Å². The molecule has 0 atom stereocenters. The fraction of sp³-hybridized carbons (Fsp3) is 0.172. The van der Waals surface area contributed by atoms with Gasteiger partial charge in [-0.15, -0.1) is 0 Å². The normalized spacial score (nSPS) is 11.9. The van der Waals surface area contributed by atoms with Crippen molar-refractivity contribution in [2.75, 3.05) is 16.3 Å². The molecular weight excluding hydrogens is 566 g/mol. The van der Waals surface area contributed by atoms with Gasteiger partial charge in [0.2, 0.25) is 10.0 Å². The highest BCUT2D eigenvalue weighted by Gasteiger charge is 2.17. The van der Waals surface area contributed by atoms with Gasteiger partial charge in [-0.2, -0.15) is 0 Å². The number of carbonyl (C=O) groups excluding carboxylic acids is 1. The molecule has 0 unspecified atom stereocenters. The van der Waals surface area contributed by atoms with E-state index < -0.39 is 33.4 Å². The van der Waals surface area contributed by atoms with Gasteiger partial charge in [0.1, 0.15) is 34.9 Å². The molecule has 3 heterocycles. The summed E-state index contributed by atoms with van der Waals surface area (Å²) in [6, 6.07) is 13.0. The summed E-state index contributed by atoms with van der Waals surface area (Å²) in [6.07, 6.45) is 5.10. The summed E-state index contributed by atoms with van der Waals surface area (Å²) in [5.74, 6) is -1.20. The Morgan fingerprint density at radius 3 is 2.33 bits per heavy atom. The van der Waals surface area contributed by atoms with Gasteiger partial charge in [0.15, 0.2) is 5.65 Å². The number of imidazole rings is 1. The fourth-order valence-corrected chi connectivity index (χ4v) is 4.74. The minimum absolute atomic E-state index is 0.0894. The lowest BCUT2D eigenvalue weighted by Crippen LogP contribution is -2.27. The summed E-state index contributed by atoms with van der Waals surface area (Å²) in [4.78, 5) is 25.3. The Morgan fingerprint density at radius 1 is 0.905 bits per heavy atom. The van der Waals surface area contributed by atoms with Crippen LogP contribution in [0.3, 0.4) is 0 Å². The fourth-order valence-electron chi connectivity index (χ4n) is 4.20. The van der Waals surface area contributed by atoms with Gasteiger partial charge in [-0.25, -0.2) is 36.9 Å². The Morgan fingerprint density at radius 2 is 1.67 bits per heavy atom. The third kappa shape index (κ3) is 6.69. The number of nitrogens with one attached hydrogen (secondary N) is 2. The van der Waals surface area contributed by atoms with Gasteiger partial charge in [0.05, 0.1) is 17.6 Å². The number of halogens is 2. The molecule has 3 aromatic heterocycles. The van der Waals surface area contributed by atoms with Crippen molar-refractivity contribution >= 4 is 38.8 Å². The summed E-state index contributed by atoms with van der Waals surface area (Å²) >= 11 is 0. The number of anilines is 2. The van der Waals surface area contributed by atoms with Crippen LogP contribution in [0.25, 0.3) is 39.1 Å². The van der Waals surface area contributed by atoms with E-state index in [4.69, 9.17) is 4.74 Å². The maximum absolute atomic E-state index is 14.6. The van der Waals surface area contributed by atoms with Crippen molar-refractivity contribution in [3.63, 3.8) is 0 Å². The molecule has 5 aromatic rings. The first kappa shape index (κ1) is 28.6. The number of hydrogen-bond donors (Lipinski definition) is 2. The first-order valence-electron chi connectivity index (χ1n) is 12.6. The highest BCUT2D eigenvalue weighted by molar-refractivity contribution is 7.92. The van der Waals surface area contributed by atoms with Crippen molar-refractivity contribution in [3.05, 3.63) is 85.0 Å². The second-order valence-electron chi connectivity index (χ2n) is 10.5. The first-order valence-corrected chi connectivity index (χ1v) is 14.5. The molecule has 10 nitrogen and oxygen atoms in total. The third-order valence-electron chi connectivity index (χ3n) is 5.85. The van der Waals surface area contributed by atoms with Gasteiger partial charge in [0.25, 0.3) is 0 Å². The van der Waals surface area contributed by atoms with Crippen molar-refractivity contribution in [2.45, 2.75) is 26.4 Å². The number of carbonyl (C=O) groups is 1. The standard InChI is InChI=1S/C29H26F2N6O4S/c1-29(2,3)41-28(38)35-26-8-5-17(14-32-26)19-11-25-27(33-15-19)37(16-34-25)22-10-18(9-21(13-22)36-42(4,39)40)23-7-6-20(30)12-24(23)31/h5-16,36H,1-4H3,(H,32,35,38). The van der Waals surface area contributed by atoms with Crippen molar-refractivity contribution in [3.8, 4) is 27.9 Å². The van der Waals surface area contributed by atoms with E-state index in [1.165, 1.54) is 18.5 Å². The highest BCUT2D eigenvalue weighted by atomic mass is 32.2. The SMILES string of the molecule is CC(C)(C)OC(=O)Nc1ccc(-c2cnc3c(c2)ncn3-c2cc(NS(C)(=O)=O)cc(-c3ccc(F)cc3F)c2)cn1. The second-order valence-corrected chi connectivity index (χ2v) is 12.3. The molecule has 0 radical (unpaired) electrons. The zero-order valence-electron chi connectivity index (χ0n) is 23.0. The highest BCUT2D eigenvalue weighted by Crippen LogP contribution is 2.31. The molecule has 0 bridgehead atoms. The molecule has 0 aliphatic heterocycles. The van der Waals surface area contributed by atoms with Gasteiger partial charge in [-0.3, -0.25) is 14.6 Å². The first-order chi connectivity index (χ1) is 19.7. The quantitative estimate of drug-likeness (QED) is 0.242. The van der Waals surface area contributed by atoms with E-state index in [1.807, 2.05) is 0 Å². The van der Waals surface area contributed by atoms with E-state index in [9.17, 15) is 22.0 Å². The third-order valence-corrected chi connectivity index (χ3v) is 6.46. The monoisotopic (exact) mass is 592 g/mol. The van der Waals surface area contributed by atoms with Gasteiger partial charge >= 0.3 is 6.09 Å². The number of pyridine rings is 2. The van der Waals surface area contributed by atoms with Crippen LogP contribution in [0.2, 0.25) is 0 Å². The van der Waals surface area contributed by atoms with Crippen LogP contribution in [-0.4, -0.2) is 45.9 Å². The van der Waals surface area contributed by atoms with Crippen LogP contribution < -0.4 is 10.0 Å². The Bertz CT molecular complexity index is 1920. The van der Waals surface area contributed by atoms with E-state index in [1.54, 1.807) is 68.1 Å². The lowest BCUT2D eigenvalue weighted by atomic mass is 10.0. The zero-order valence-corrected chi connectivity index (χ0v) is 23.8. The molecule has 0 aliphatic carbocycles. The molecular formula is C29H26F2N6O4S. The summed E-state index contributed by atoms with van der Waals surface area (Å²) in [7, 11) is -3.66. The predicted molar refractivity (Wildman–Crippen MR) is 156 cm³/mol. The molecule has 0 fully saturated rings. The lowest BCUT2D eigenvalue weighted by molar-refractivity contribution is 0.0635. The summed E-state index contributed by atoms with van der Waals surface area (Å²) in [5, 5.41) is 2.58. The smallest absolute Gasteiger partial charge is 0.413 e. The molecule has 13 heteroatoms. The number of sulfonamides is 1. The van der Waals surface area contributed by atoms with Crippen LogP contribution in [0.1, 0.15) is 20.8 Å². The summed E-state index contributed by atoms with van der Waals surface area (Å²) in [5.41, 5.74) is 2.82. The Labute approximate surface area is 240 Å². The molecule has 216 valence electrons. The number of fused-ring (bicyclic) bond motifs is 1. The van der Waals surface area contributed by atoms with E-state index in [-0.39, 0.29) is 11.3 Å². The number of rotatable bonds is 6. The van der Waals surface area contributed by atoms with Crippen LogP contribution in [0.5, 0.6) is 0 Å². The molecule has 0 saturated carbocycles. The van der Waals surface area contributed by atoms with Gasteiger partial charge in [-0.05, 0) is 74.9 Å². The molecule has 2 aromatic carbocycles. The average Bonchev–Trinajstić information content (AvgIpc) is 3.30. The van der Waals surface area contributed by atoms with Crippen LogP contribution >= 0.6 is 0 Å². The number of amides is 1. The maximum atomic E-state index is 14.6. The lowest BCUT2D eigenvalue weighted by Gasteiger charge is -2.19. The molecule has 0 aliphatic rings. The van der Waals surface area contributed by atoms with Crippen LogP contribution in [0, 0.1) is 11.6 Å². The van der Waals surface area contributed by atoms with E-state index in [2.05, 4.69) is 25.0 Å². The minimum Gasteiger partial charge on any atom is -0.444 e. The summed E-state index contributed by atoms with van der Waals surface area (Å²) < 4.78 is 61.4.